The van der Waals surface area contributed by atoms with Crippen LogP contribution < -0.4 is 5.32 Å². The van der Waals surface area contributed by atoms with Crippen LogP contribution in [-0.2, 0) is 12.8 Å². The van der Waals surface area contributed by atoms with E-state index in [0.29, 0.717) is 11.8 Å². The molecule has 0 heterocycles. The van der Waals surface area contributed by atoms with E-state index in [2.05, 4.69) is 40.1 Å². The number of aryl methyl sites for hydroxylation is 1. The Bertz CT molecular complexity index is 390. The van der Waals surface area contributed by atoms with Crippen LogP contribution in [0.3, 0.4) is 0 Å². The topological polar surface area (TPSA) is 32.3 Å². The van der Waals surface area contributed by atoms with Gasteiger partial charge in [0.05, 0.1) is 0 Å². The Morgan fingerprint density at radius 3 is 3.19 bits per heavy atom. The van der Waals surface area contributed by atoms with E-state index in [1.165, 1.54) is 5.56 Å². The summed E-state index contributed by atoms with van der Waals surface area (Å²) in [6.45, 7) is 0.913. The molecule has 2 rings (SSSR count). The van der Waals surface area contributed by atoms with Crippen molar-refractivity contribution in [3.63, 3.8) is 0 Å². The lowest BCUT2D eigenvalue weighted by Gasteiger charge is -2.25. The number of phenolic OH excluding ortho intramolecular Hbond substituents is 1. The molecule has 0 fully saturated rings. The van der Waals surface area contributed by atoms with Crippen molar-refractivity contribution in [2.24, 2.45) is 0 Å². The van der Waals surface area contributed by atoms with Crippen LogP contribution in [0.2, 0.25) is 0 Å². The molecule has 0 saturated heterocycles. The molecule has 0 saturated carbocycles. The van der Waals surface area contributed by atoms with E-state index in [1.54, 1.807) is 6.07 Å². The van der Waals surface area contributed by atoms with Crippen LogP contribution in [0.15, 0.2) is 28.4 Å². The first-order valence-electron chi connectivity index (χ1n) is 5.59. The minimum atomic E-state index is 0.452. The molecule has 0 aromatic heterocycles. The first-order chi connectivity index (χ1) is 7.81. The number of aromatic hydroxyl groups is 1. The summed E-state index contributed by atoms with van der Waals surface area (Å²) >= 11 is 2.23. The Morgan fingerprint density at radius 2 is 2.38 bits per heavy atom. The van der Waals surface area contributed by atoms with Crippen molar-refractivity contribution in [1.29, 1.82) is 0 Å². The third-order valence-corrected chi connectivity index (χ3v) is 3.58. The predicted molar refractivity (Wildman–Crippen MR) is 75.1 cm³/mol. The van der Waals surface area contributed by atoms with Gasteiger partial charge in [-0.05, 0) is 40.5 Å². The van der Waals surface area contributed by atoms with E-state index >= 15 is 0 Å². The maximum absolute atomic E-state index is 9.80. The summed E-state index contributed by atoms with van der Waals surface area (Å²) in [4.78, 5) is 0. The number of nitrogens with one attached hydrogen (secondary N) is 1. The molecule has 0 aliphatic heterocycles. The van der Waals surface area contributed by atoms with Crippen molar-refractivity contribution in [2.45, 2.75) is 25.3 Å². The fraction of sp³-hybridized carbons (Fsp3) is 0.385. The normalized spacial score (nSPS) is 19.9. The quantitative estimate of drug-likeness (QED) is 0.836. The van der Waals surface area contributed by atoms with Gasteiger partial charge in [0.1, 0.15) is 5.75 Å². The summed E-state index contributed by atoms with van der Waals surface area (Å²) in [5.41, 5.74) is 2.44. The molecule has 1 atom stereocenters. The highest BCUT2D eigenvalue weighted by Gasteiger charge is 2.19. The minimum Gasteiger partial charge on any atom is -0.508 e. The van der Waals surface area contributed by atoms with E-state index in [9.17, 15) is 5.11 Å². The van der Waals surface area contributed by atoms with Gasteiger partial charge in [0.15, 0.2) is 0 Å². The van der Waals surface area contributed by atoms with E-state index in [4.69, 9.17) is 0 Å². The Balaban J connectivity index is 2.02. The van der Waals surface area contributed by atoms with E-state index in [-0.39, 0.29) is 0 Å². The molecule has 2 N–H and O–H groups in total. The van der Waals surface area contributed by atoms with E-state index < -0.39 is 0 Å². The summed E-state index contributed by atoms with van der Waals surface area (Å²) in [6.07, 6.45) is 5.28. The molecule has 3 heteroatoms. The van der Waals surface area contributed by atoms with E-state index in [1.807, 2.05) is 10.1 Å². The molecule has 86 valence electrons. The molecular weight excluding hydrogens is 313 g/mol. The summed E-state index contributed by atoms with van der Waals surface area (Å²) in [5.74, 6) is 0.452. The second kappa shape index (κ2) is 5.68. The van der Waals surface area contributed by atoms with Crippen molar-refractivity contribution in [1.82, 2.24) is 5.32 Å². The largest absolute Gasteiger partial charge is 0.508 e. The standard InChI is InChI=1S/C13H16INO/c14-7-2-8-15-11-6-5-10-3-1-4-13(16)12(10)9-11/h1-4,7,11,15-16H,5-6,8-9H2/b7-2+/t11-/m0/s1. The summed E-state index contributed by atoms with van der Waals surface area (Å²) in [7, 11) is 0. The van der Waals surface area contributed by atoms with Gasteiger partial charge in [0.25, 0.3) is 0 Å². The van der Waals surface area contributed by atoms with Crippen LogP contribution in [-0.4, -0.2) is 17.7 Å². The van der Waals surface area contributed by atoms with Gasteiger partial charge in [0.2, 0.25) is 0 Å². The van der Waals surface area contributed by atoms with Gasteiger partial charge in [-0.15, -0.1) is 0 Å². The minimum absolute atomic E-state index is 0.452. The molecule has 1 aromatic carbocycles. The van der Waals surface area contributed by atoms with Crippen LogP contribution in [0.4, 0.5) is 0 Å². The van der Waals surface area contributed by atoms with Gasteiger partial charge in [-0.2, -0.15) is 0 Å². The highest BCUT2D eigenvalue weighted by atomic mass is 127. The average Bonchev–Trinajstić information content (AvgIpc) is 2.30. The Hall–Kier alpha value is -0.550. The molecule has 16 heavy (non-hydrogen) atoms. The highest BCUT2D eigenvalue weighted by Crippen LogP contribution is 2.28. The molecule has 2 nitrogen and oxygen atoms in total. The van der Waals surface area contributed by atoms with Gasteiger partial charge in [-0.25, -0.2) is 0 Å². The zero-order chi connectivity index (χ0) is 11.4. The zero-order valence-electron chi connectivity index (χ0n) is 9.12. The smallest absolute Gasteiger partial charge is 0.119 e. The summed E-state index contributed by atoms with van der Waals surface area (Å²) in [5, 5.41) is 13.3. The highest BCUT2D eigenvalue weighted by molar-refractivity contribution is 14.1. The van der Waals surface area contributed by atoms with E-state index in [0.717, 1.165) is 31.4 Å². The molecule has 0 bridgehead atoms. The van der Waals surface area contributed by atoms with Crippen LogP contribution in [0.1, 0.15) is 17.5 Å². The molecule has 1 aliphatic carbocycles. The van der Waals surface area contributed by atoms with Crippen LogP contribution >= 0.6 is 22.6 Å². The SMILES string of the molecule is Oc1cccc2c1C[C@@H](NC/C=C/I)CC2. The third kappa shape index (κ3) is 2.77. The van der Waals surface area contributed by atoms with Crippen molar-refractivity contribution in [2.75, 3.05) is 6.54 Å². The molecule has 1 aromatic rings. The Kier molecular flexibility index (Phi) is 4.23. The summed E-state index contributed by atoms with van der Waals surface area (Å²) < 4.78 is 2.03. The van der Waals surface area contributed by atoms with Crippen molar-refractivity contribution < 1.29 is 5.11 Å². The predicted octanol–water partition coefficient (Wildman–Crippen LogP) is 2.79. The lowest BCUT2D eigenvalue weighted by atomic mass is 9.87. The van der Waals surface area contributed by atoms with Gasteiger partial charge in [-0.3, -0.25) is 0 Å². The summed E-state index contributed by atoms with van der Waals surface area (Å²) in [6, 6.07) is 6.33. The van der Waals surface area contributed by atoms with Gasteiger partial charge >= 0.3 is 0 Å². The molecular formula is C13H16INO. The van der Waals surface area contributed by atoms with Crippen molar-refractivity contribution in [3.05, 3.63) is 39.5 Å². The van der Waals surface area contributed by atoms with Gasteiger partial charge in [0, 0.05) is 12.6 Å². The molecule has 0 amide bonds. The number of hydrogen-bond donors (Lipinski definition) is 2. The van der Waals surface area contributed by atoms with Gasteiger partial charge in [-0.1, -0.05) is 40.8 Å². The second-order valence-electron chi connectivity index (χ2n) is 4.12. The number of halogens is 1. The van der Waals surface area contributed by atoms with Gasteiger partial charge < -0.3 is 10.4 Å². The first kappa shape index (κ1) is 11.9. The fourth-order valence-electron chi connectivity index (χ4n) is 2.22. The maximum atomic E-state index is 9.80. The third-order valence-electron chi connectivity index (χ3n) is 3.07. The number of hydrogen-bond acceptors (Lipinski definition) is 2. The Labute approximate surface area is 110 Å². The van der Waals surface area contributed by atoms with Crippen molar-refractivity contribution in [3.8, 4) is 5.75 Å². The number of fused-ring (bicyclic) bond motifs is 1. The molecule has 0 radical (unpaired) electrons. The maximum Gasteiger partial charge on any atom is 0.119 e. The lowest BCUT2D eigenvalue weighted by Crippen LogP contribution is -2.34. The fourth-order valence-corrected chi connectivity index (χ4v) is 2.48. The monoisotopic (exact) mass is 329 g/mol. The van der Waals surface area contributed by atoms with Crippen LogP contribution in [0.25, 0.3) is 0 Å². The van der Waals surface area contributed by atoms with Crippen molar-refractivity contribution >= 4 is 22.6 Å². The van der Waals surface area contributed by atoms with Crippen LogP contribution in [0.5, 0.6) is 5.75 Å². The average molecular weight is 329 g/mol. The first-order valence-corrected chi connectivity index (χ1v) is 6.84. The number of phenols is 1. The Morgan fingerprint density at radius 1 is 1.50 bits per heavy atom. The molecule has 0 unspecified atom stereocenters. The number of rotatable bonds is 3. The number of benzene rings is 1. The molecule has 0 spiro atoms. The second-order valence-corrected chi connectivity index (χ2v) is 4.84. The van der Waals surface area contributed by atoms with Crippen LogP contribution in [0, 0.1) is 0 Å². The zero-order valence-corrected chi connectivity index (χ0v) is 11.3. The lowest BCUT2D eigenvalue weighted by molar-refractivity contribution is 0.436. The molecule has 1 aliphatic rings.